The van der Waals surface area contributed by atoms with Gasteiger partial charge in [0.2, 0.25) is 11.8 Å². The van der Waals surface area contributed by atoms with Crippen LogP contribution in [0.3, 0.4) is 0 Å². The lowest BCUT2D eigenvalue weighted by Crippen LogP contribution is -2.39. The predicted octanol–water partition coefficient (Wildman–Crippen LogP) is 2.22. The van der Waals surface area contributed by atoms with Crippen molar-refractivity contribution < 1.29 is 19.2 Å². The Kier molecular flexibility index (Phi) is 5.09. The van der Waals surface area contributed by atoms with Crippen molar-refractivity contribution in [3.8, 4) is 0 Å². The Hall–Kier alpha value is -1.72. The zero-order chi connectivity index (χ0) is 15.4. The maximum Gasteiger partial charge on any atom is 0.341 e. The van der Waals surface area contributed by atoms with Crippen LogP contribution in [-0.4, -0.2) is 39.6 Å². The molecule has 0 aliphatic carbocycles. The number of hydrogen-bond donors (Lipinski definition) is 0. The fourth-order valence-electron chi connectivity index (χ4n) is 2.91. The average molecular weight is 294 g/mol. The molecule has 21 heavy (non-hydrogen) atoms. The summed E-state index contributed by atoms with van der Waals surface area (Å²) in [7, 11) is 0. The third-order valence-corrected chi connectivity index (χ3v) is 4.11. The zero-order valence-electron chi connectivity index (χ0n) is 12.5. The topological polar surface area (TPSA) is 74.8 Å². The Balaban J connectivity index is 1.82. The molecule has 1 unspecified atom stereocenters. The van der Waals surface area contributed by atoms with Crippen molar-refractivity contribution in [1.29, 1.82) is 0 Å². The van der Waals surface area contributed by atoms with Gasteiger partial charge < -0.3 is 0 Å². The summed E-state index contributed by atoms with van der Waals surface area (Å²) in [6.07, 6.45) is 6.92. The summed E-state index contributed by atoms with van der Waals surface area (Å²) >= 11 is 0. The van der Waals surface area contributed by atoms with Crippen LogP contribution in [0.5, 0.6) is 0 Å². The molecule has 0 spiro atoms. The Morgan fingerprint density at radius 2 is 1.76 bits per heavy atom. The lowest BCUT2D eigenvalue weighted by molar-refractivity contribution is -0.140. The fraction of sp³-hybridized carbons (Fsp3) is 0.733. The van der Waals surface area contributed by atoms with E-state index in [1.807, 2.05) is 0 Å². The van der Waals surface area contributed by atoms with Gasteiger partial charge in [0.05, 0.1) is 0 Å². The lowest BCUT2D eigenvalue weighted by atomic mass is 10.1. The second-order valence-electron chi connectivity index (χ2n) is 5.69. The van der Waals surface area contributed by atoms with Gasteiger partial charge in [-0.15, -0.1) is 0 Å². The lowest BCUT2D eigenvalue weighted by Gasteiger charge is -2.12. The third-order valence-electron chi connectivity index (χ3n) is 4.11. The first kappa shape index (κ1) is 15.7. The van der Waals surface area contributed by atoms with Crippen LogP contribution < -0.4 is 0 Å². The third kappa shape index (κ3) is 3.14. The Morgan fingerprint density at radius 1 is 1.10 bits per heavy atom. The van der Waals surface area contributed by atoms with Gasteiger partial charge in [0.25, 0.3) is 5.91 Å². The molecule has 2 aliphatic rings. The molecular weight excluding hydrogens is 272 g/mol. The number of imide groups is 4. The van der Waals surface area contributed by atoms with Crippen molar-refractivity contribution >= 4 is 23.8 Å². The van der Waals surface area contributed by atoms with Crippen LogP contribution in [0, 0.1) is 0 Å². The molecule has 0 radical (unpaired) electrons. The van der Waals surface area contributed by atoms with Gasteiger partial charge >= 0.3 is 6.03 Å². The summed E-state index contributed by atoms with van der Waals surface area (Å²) in [6.45, 7) is 2.14. The van der Waals surface area contributed by atoms with E-state index in [0.717, 1.165) is 24.2 Å². The molecule has 0 N–H and O–H groups in total. The molecule has 1 atom stereocenters. The molecule has 0 aromatic carbocycles. The first-order chi connectivity index (χ1) is 10.1. The summed E-state index contributed by atoms with van der Waals surface area (Å²) in [6, 6.07) is -1.48. The van der Waals surface area contributed by atoms with Gasteiger partial charge in [0.15, 0.2) is 0 Å². The van der Waals surface area contributed by atoms with E-state index in [1.165, 1.54) is 12.8 Å². The largest absolute Gasteiger partial charge is 0.341 e. The molecule has 0 aromatic rings. The quantitative estimate of drug-likeness (QED) is 0.533. The number of hydrogen-bond acceptors (Lipinski definition) is 4. The van der Waals surface area contributed by atoms with Gasteiger partial charge in [-0.3, -0.25) is 19.3 Å². The predicted molar refractivity (Wildman–Crippen MR) is 75.1 cm³/mol. The molecule has 2 rings (SSSR count). The Morgan fingerprint density at radius 3 is 2.43 bits per heavy atom. The van der Waals surface area contributed by atoms with Crippen molar-refractivity contribution in [2.45, 2.75) is 70.8 Å². The van der Waals surface area contributed by atoms with E-state index in [0.29, 0.717) is 17.7 Å². The van der Waals surface area contributed by atoms with E-state index < -0.39 is 23.9 Å². The van der Waals surface area contributed by atoms with E-state index in [4.69, 9.17) is 0 Å². The van der Waals surface area contributed by atoms with E-state index >= 15 is 0 Å². The first-order valence-electron chi connectivity index (χ1n) is 7.80. The molecule has 2 heterocycles. The summed E-state index contributed by atoms with van der Waals surface area (Å²) in [5.41, 5.74) is 0. The molecule has 2 fully saturated rings. The SMILES string of the molecule is CCCCCCCCC(=O)N1C(=O)C2CCC(=O)N2C1=O. The van der Waals surface area contributed by atoms with Gasteiger partial charge in [-0.2, -0.15) is 4.90 Å². The summed E-state index contributed by atoms with van der Waals surface area (Å²) in [5, 5.41) is 0. The minimum Gasteiger partial charge on any atom is -0.274 e. The molecule has 0 aromatic heterocycles. The van der Waals surface area contributed by atoms with E-state index in [9.17, 15) is 19.2 Å². The highest BCUT2D eigenvalue weighted by Gasteiger charge is 2.53. The number of carbonyl (C=O) groups excluding carboxylic acids is 4. The monoisotopic (exact) mass is 294 g/mol. The standard InChI is InChI=1S/C15H22N2O4/c1-2-3-4-5-6-7-8-12(18)17-14(20)11-9-10-13(19)16(11)15(17)21/h11H,2-10H2,1H3. The zero-order valence-corrected chi connectivity index (χ0v) is 12.5. The van der Waals surface area contributed by atoms with Crippen molar-refractivity contribution in [2.24, 2.45) is 0 Å². The van der Waals surface area contributed by atoms with Crippen molar-refractivity contribution in [1.82, 2.24) is 9.80 Å². The maximum absolute atomic E-state index is 12.0. The van der Waals surface area contributed by atoms with Crippen LogP contribution in [0.4, 0.5) is 4.79 Å². The van der Waals surface area contributed by atoms with Crippen molar-refractivity contribution in [3.05, 3.63) is 0 Å². The molecule has 0 saturated carbocycles. The number of urea groups is 1. The second kappa shape index (κ2) is 6.83. The molecule has 6 nitrogen and oxygen atoms in total. The molecule has 2 saturated heterocycles. The minimum atomic E-state index is -0.747. The fourth-order valence-corrected chi connectivity index (χ4v) is 2.91. The molecular formula is C15H22N2O4. The number of rotatable bonds is 7. The van der Waals surface area contributed by atoms with E-state index in [-0.39, 0.29) is 18.7 Å². The highest BCUT2D eigenvalue weighted by Crippen LogP contribution is 2.29. The van der Waals surface area contributed by atoms with Crippen LogP contribution in [0.25, 0.3) is 0 Å². The van der Waals surface area contributed by atoms with Crippen LogP contribution >= 0.6 is 0 Å². The number of carbonyl (C=O) groups is 4. The Labute approximate surface area is 124 Å². The molecule has 6 heteroatoms. The number of nitrogens with zero attached hydrogens (tertiary/aromatic N) is 2. The van der Waals surface area contributed by atoms with Gasteiger partial charge in [-0.1, -0.05) is 39.0 Å². The van der Waals surface area contributed by atoms with Crippen LogP contribution in [-0.2, 0) is 14.4 Å². The van der Waals surface area contributed by atoms with E-state index in [1.54, 1.807) is 0 Å². The maximum atomic E-state index is 12.0. The highest BCUT2D eigenvalue weighted by molar-refractivity contribution is 6.21. The number of amides is 5. The van der Waals surface area contributed by atoms with Gasteiger partial charge in [-0.05, 0) is 12.8 Å². The van der Waals surface area contributed by atoms with Crippen LogP contribution in [0.15, 0.2) is 0 Å². The summed E-state index contributed by atoms with van der Waals surface area (Å²) < 4.78 is 0. The smallest absolute Gasteiger partial charge is 0.274 e. The molecule has 5 amide bonds. The minimum absolute atomic E-state index is 0.193. The van der Waals surface area contributed by atoms with Gasteiger partial charge in [0, 0.05) is 12.8 Å². The van der Waals surface area contributed by atoms with Crippen LogP contribution in [0.1, 0.15) is 64.7 Å². The number of unbranched alkanes of at least 4 members (excludes halogenated alkanes) is 5. The van der Waals surface area contributed by atoms with E-state index in [2.05, 4.69) is 6.92 Å². The van der Waals surface area contributed by atoms with Crippen LogP contribution in [0.2, 0.25) is 0 Å². The van der Waals surface area contributed by atoms with Gasteiger partial charge in [0.1, 0.15) is 6.04 Å². The second-order valence-corrected chi connectivity index (χ2v) is 5.69. The Bertz CT molecular complexity index is 461. The summed E-state index contributed by atoms with van der Waals surface area (Å²) in [4.78, 5) is 49.3. The molecule has 0 bridgehead atoms. The van der Waals surface area contributed by atoms with Crippen molar-refractivity contribution in [2.75, 3.05) is 0 Å². The highest BCUT2D eigenvalue weighted by atomic mass is 16.2. The average Bonchev–Trinajstić information content (AvgIpc) is 2.95. The molecule has 2 aliphatic heterocycles. The molecule has 116 valence electrons. The summed E-state index contributed by atoms with van der Waals surface area (Å²) in [5.74, 6) is -1.35. The van der Waals surface area contributed by atoms with Crippen molar-refractivity contribution in [3.63, 3.8) is 0 Å². The number of fused-ring (bicyclic) bond motifs is 1. The first-order valence-corrected chi connectivity index (χ1v) is 7.80. The normalized spacial score (nSPS) is 21.4. The van der Waals surface area contributed by atoms with Gasteiger partial charge in [-0.25, -0.2) is 4.79 Å².